The molecule has 0 fully saturated rings. The van der Waals surface area contributed by atoms with E-state index in [1.54, 1.807) is 28.7 Å². The van der Waals surface area contributed by atoms with Crippen LogP contribution in [-0.4, -0.2) is 0 Å². The van der Waals surface area contributed by atoms with E-state index in [9.17, 15) is 4.39 Å². The summed E-state index contributed by atoms with van der Waals surface area (Å²) in [5.41, 5.74) is 1.11. The monoisotopic (exact) mass is 499 g/mol. The molecule has 6 aromatic carbocycles. The molecular weight excluding hydrogens is 481 g/mol. The smallest absolute Gasteiger partial charge is 0.131 e. The van der Waals surface area contributed by atoms with Gasteiger partial charge in [-0.15, -0.1) is 22.7 Å². The lowest BCUT2D eigenvalue weighted by Crippen LogP contribution is -2.07. The zero-order valence-electron chi connectivity index (χ0n) is 19.0. The fourth-order valence-electron chi connectivity index (χ4n) is 5.45. The van der Waals surface area contributed by atoms with Gasteiger partial charge in [0.15, 0.2) is 0 Å². The van der Waals surface area contributed by atoms with Crippen molar-refractivity contribution in [1.29, 1.82) is 0 Å². The summed E-state index contributed by atoms with van der Waals surface area (Å²) in [4.78, 5) is 2.39. The standard InChI is InChI=1S/C32H18FNS2/c33-25-15-11-19-10-14-24-26(16-12-20-9-13-23(25)31(19)32(20)24)34(29-17-21-5-1-3-7-27(21)35-29)30-18-22-6-2-4-8-28(22)36-30/h1-18H. The molecule has 8 aromatic rings. The van der Waals surface area contributed by atoms with Crippen molar-refractivity contribution in [3.63, 3.8) is 0 Å². The molecule has 0 amide bonds. The largest absolute Gasteiger partial charge is 0.292 e. The number of thiophene rings is 2. The van der Waals surface area contributed by atoms with Crippen LogP contribution in [0.15, 0.2) is 109 Å². The molecule has 4 heteroatoms. The Hall–Kier alpha value is -3.99. The third-order valence-electron chi connectivity index (χ3n) is 7.10. The van der Waals surface area contributed by atoms with Gasteiger partial charge in [-0.1, -0.05) is 72.8 Å². The van der Waals surface area contributed by atoms with Crippen molar-refractivity contribution in [3.05, 3.63) is 115 Å². The Balaban J connectivity index is 1.48. The topological polar surface area (TPSA) is 3.24 Å². The minimum absolute atomic E-state index is 0.173. The summed E-state index contributed by atoms with van der Waals surface area (Å²) in [6.07, 6.45) is 0. The van der Waals surface area contributed by atoms with Gasteiger partial charge in [0.1, 0.15) is 15.8 Å². The van der Waals surface area contributed by atoms with E-state index < -0.39 is 0 Å². The number of hydrogen-bond acceptors (Lipinski definition) is 3. The Bertz CT molecular complexity index is 1940. The van der Waals surface area contributed by atoms with Crippen LogP contribution in [0.4, 0.5) is 20.1 Å². The van der Waals surface area contributed by atoms with Crippen molar-refractivity contribution in [2.75, 3.05) is 4.90 Å². The van der Waals surface area contributed by atoms with Crippen molar-refractivity contribution >= 4 is 90.9 Å². The normalized spacial score (nSPS) is 12.0. The van der Waals surface area contributed by atoms with Crippen LogP contribution in [-0.2, 0) is 0 Å². The van der Waals surface area contributed by atoms with Crippen LogP contribution in [0.2, 0.25) is 0 Å². The highest BCUT2D eigenvalue weighted by Crippen LogP contribution is 2.49. The number of halogens is 1. The molecule has 2 heterocycles. The fraction of sp³-hybridized carbons (Fsp3) is 0. The van der Waals surface area contributed by atoms with E-state index in [2.05, 4.69) is 89.8 Å². The first kappa shape index (κ1) is 20.2. The van der Waals surface area contributed by atoms with Crippen molar-refractivity contribution in [2.45, 2.75) is 0 Å². The van der Waals surface area contributed by atoms with Gasteiger partial charge in [-0.2, -0.15) is 0 Å². The Morgan fingerprint density at radius 1 is 0.500 bits per heavy atom. The second-order valence-corrected chi connectivity index (χ2v) is 11.3. The maximum absolute atomic E-state index is 14.8. The number of fused-ring (bicyclic) bond motifs is 2. The zero-order valence-corrected chi connectivity index (χ0v) is 20.7. The summed E-state index contributed by atoms with van der Waals surface area (Å²) in [6, 6.07) is 37.8. The summed E-state index contributed by atoms with van der Waals surface area (Å²) in [5.74, 6) is -0.173. The van der Waals surface area contributed by atoms with Crippen molar-refractivity contribution in [1.82, 2.24) is 0 Å². The molecule has 170 valence electrons. The highest BCUT2D eigenvalue weighted by atomic mass is 32.1. The fourth-order valence-corrected chi connectivity index (χ4v) is 7.69. The molecule has 0 aliphatic carbocycles. The maximum Gasteiger partial charge on any atom is 0.131 e. The van der Waals surface area contributed by atoms with E-state index >= 15 is 0 Å². The molecule has 0 saturated heterocycles. The molecule has 2 aromatic heterocycles. The maximum atomic E-state index is 14.8. The Morgan fingerprint density at radius 2 is 1.03 bits per heavy atom. The molecule has 0 spiro atoms. The highest BCUT2D eigenvalue weighted by molar-refractivity contribution is 7.25. The lowest BCUT2D eigenvalue weighted by molar-refractivity contribution is 0.640. The Morgan fingerprint density at radius 3 is 1.67 bits per heavy atom. The van der Waals surface area contributed by atoms with Gasteiger partial charge in [-0.05, 0) is 63.3 Å². The number of hydrogen-bond donors (Lipinski definition) is 0. The molecule has 0 radical (unpaired) electrons. The Kier molecular flexibility index (Phi) is 4.22. The zero-order chi connectivity index (χ0) is 23.8. The van der Waals surface area contributed by atoms with E-state index in [0.717, 1.165) is 32.6 Å². The van der Waals surface area contributed by atoms with Crippen molar-refractivity contribution < 1.29 is 4.39 Å². The first-order valence-electron chi connectivity index (χ1n) is 11.9. The first-order valence-corrected chi connectivity index (χ1v) is 13.5. The third-order valence-corrected chi connectivity index (χ3v) is 9.30. The van der Waals surface area contributed by atoms with E-state index in [-0.39, 0.29) is 5.82 Å². The van der Waals surface area contributed by atoms with Crippen molar-refractivity contribution in [3.8, 4) is 0 Å². The SMILES string of the molecule is Fc1ccc2ccc3c(N(c4cc5ccccc5s4)c4cc5ccccc5s4)ccc4ccc1c2c43. The van der Waals surface area contributed by atoms with Gasteiger partial charge >= 0.3 is 0 Å². The van der Waals surface area contributed by atoms with E-state index in [1.165, 1.54) is 30.2 Å². The van der Waals surface area contributed by atoms with Gasteiger partial charge in [-0.25, -0.2) is 4.39 Å². The van der Waals surface area contributed by atoms with E-state index in [0.29, 0.717) is 5.39 Å². The van der Waals surface area contributed by atoms with E-state index in [1.807, 2.05) is 18.2 Å². The summed E-state index contributed by atoms with van der Waals surface area (Å²) in [7, 11) is 0. The highest BCUT2D eigenvalue weighted by Gasteiger charge is 2.22. The molecule has 0 unspecified atom stereocenters. The second kappa shape index (κ2) is 7.50. The molecular formula is C32H18FNS2. The van der Waals surface area contributed by atoms with Crippen molar-refractivity contribution in [2.24, 2.45) is 0 Å². The van der Waals surface area contributed by atoms with Gasteiger partial charge in [0.05, 0.1) is 5.69 Å². The minimum atomic E-state index is -0.173. The van der Waals surface area contributed by atoms with Gasteiger partial charge in [0.2, 0.25) is 0 Å². The molecule has 36 heavy (non-hydrogen) atoms. The quantitative estimate of drug-likeness (QED) is 0.219. The molecule has 0 N–H and O–H groups in total. The van der Waals surface area contributed by atoms with Gasteiger partial charge in [0, 0.05) is 25.6 Å². The number of nitrogens with zero attached hydrogens (tertiary/aromatic N) is 1. The third kappa shape index (κ3) is 2.86. The van der Waals surface area contributed by atoms with Crippen LogP contribution in [0.1, 0.15) is 0 Å². The average Bonchev–Trinajstić information content (AvgIpc) is 3.53. The van der Waals surface area contributed by atoms with Crippen LogP contribution in [0.3, 0.4) is 0 Å². The number of anilines is 3. The number of rotatable bonds is 3. The molecule has 0 bridgehead atoms. The average molecular weight is 500 g/mol. The predicted octanol–water partition coefficient (Wildman–Crippen LogP) is 10.6. The van der Waals surface area contributed by atoms with E-state index in [4.69, 9.17) is 0 Å². The summed E-state index contributed by atoms with van der Waals surface area (Å²) < 4.78 is 17.4. The van der Waals surface area contributed by atoms with Crippen LogP contribution < -0.4 is 4.90 Å². The van der Waals surface area contributed by atoms with Crippen LogP contribution in [0.5, 0.6) is 0 Å². The molecule has 0 atom stereocenters. The lowest BCUT2D eigenvalue weighted by Gasteiger charge is -2.24. The van der Waals surface area contributed by atoms with Crippen LogP contribution in [0.25, 0.3) is 52.5 Å². The summed E-state index contributed by atoms with van der Waals surface area (Å²) >= 11 is 3.60. The van der Waals surface area contributed by atoms with Gasteiger partial charge in [0.25, 0.3) is 0 Å². The Labute approximate surface area is 214 Å². The van der Waals surface area contributed by atoms with Gasteiger partial charge < -0.3 is 0 Å². The predicted molar refractivity (Wildman–Crippen MR) is 156 cm³/mol. The number of benzene rings is 6. The molecule has 1 nitrogen and oxygen atoms in total. The second-order valence-electron chi connectivity index (χ2n) is 9.13. The molecule has 8 rings (SSSR count). The van der Waals surface area contributed by atoms with Crippen LogP contribution >= 0.6 is 22.7 Å². The molecule has 0 saturated carbocycles. The van der Waals surface area contributed by atoms with Gasteiger partial charge in [-0.3, -0.25) is 4.90 Å². The lowest BCUT2D eigenvalue weighted by atomic mass is 9.93. The molecule has 0 aliphatic rings. The summed E-state index contributed by atoms with van der Waals surface area (Å²) in [5, 5.41) is 10.9. The minimum Gasteiger partial charge on any atom is -0.292 e. The first-order chi connectivity index (χ1) is 17.7. The molecule has 0 aliphatic heterocycles. The van der Waals surface area contributed by atoms with Crippen LogP contribution in [0, 0.1) is 5.82 Å². The summed E-state index contributed by atoms with van der Waals surface area (Å²) in [6.45, 7) is 0.